The molecule has 0 saturated carbocycles. The van der Waals surface area contributed by atoms with Crippen molar-refractivity contribution in [1.82, 2.24) is 15.0 Å². The molecule has 5 aromatic rings. The Morgan fingerprint density at radius 2 is 1.71 bits per heavy atom. The van der Waals surface area contributed by atoms with Crippen LogP contribution in [0.1, 0.15) is 10.5 Å². The first-order valence-electron chi connectivity index (χ1n) is 10.1. The molecule has 0 aliphatic rings. The third kappa shape index (κ3) is 4.18. The van der Waals surface area contributed by atoms with Gasteiger partial charge in [-0.15, -0.1) is 0 Å². The maximum Gasteiger partial charge on any atom is 0.274 e. The minimum atomic E-state index is -0.763. The lowest BCUT2D eigenvalue weighted by Gasteiger charge is -2.10. The number of aromatic amines is 1. The van der Waals surface area contributed by atoms with Crippen LogP contribution in [-0.2, 0) is 0 Å². The molecule has 2 aromatic carbocycles. The number of fused-ring (bicyclic) bond motifs is 1. The zero-order chi connectivity index (χ0) is 23.7. The number of nitrogens with zero attached hydrogens (tertiary/aromatic N) is 2. The lowest BCUT2D eigenvalue weighted by Crippen LogP contribution is -2.14. The van der Waals surface area contributed by atoms with E-state index in [2.05, 4.69) is 20.3 Å². The fourth-order valence-corrected chi connectivity index (χ4v) is 3.45. The van der Waals surface area contributed by atoms with E-state index in [1.54, 1.807) is 24.5 Å². The number of nitrogens with one attached hydrogen (secondary N) is 2. The summed E-state index contributed by atoms with van der Waals surface area (Å²) in [6, 6.07) is 13.4. The minimum Gasteiger partial charge on any atom is -0.453 e. The van der Waals surface area contributed by atoms with Crippen molar-refractivity contribution in [2.45, 2.75) is 0 Å². The molecule has 34 heavy (non-hydrogen) atoms. The number of aromatic nitrogens is 3. The molecule has 5 rings (SSSR count). The highest BCUT2D eigenvalue weighted by Gasteiger charge is 2.14. The molecule has 0 atom stereocenters. The van der Waals surface area contributed by atoms with Crippen molar-refractivity contribution >= 4 is 22.6 Å². The normalized spacial score (nSPS) is 10.9. The van der Waals surface area contributed by atoms with E-state index in [9.17, 15) is 18.0 Å². The van der Waals surface area contributed by atoms with Gasteiger partial charge in [0, 0.05) is 42.0 Å². The summed E-state index contributed by atoms with van der Waals surface area (Å²) in [5.74, 6) is -2.38. The summed E-state index contributed by atoms with van der Waals surface area (Å²) in [6.07, 6.45) is 4.58. The molecule has 1 amide bonds. The van der Waals surface area contributed by atoms with E-state index >= 15 is 0 Å². The van der Waals surface area contributed by atoms with Crippen molar-refractivity contribution in [3.63, 3.8) is 0 Å². The van der Waals surface area contributed by atoms with Crippen molar-refractivity contribution in [1.29, 1.82) is 0 Å². The topological polar surface area (TPSA) is 79.9 Å². The molecule has 0 saturated heterocycles. The number of pyridine rings is 2. The minimum absolute atomic E-state index is 0.0198. The number of carbonyl (C=O) groups is 1. The van der Waals surface area contributed by atoms with Crippen LogP contribution in [0.3, 0.4) is 0 Å². The molecule has 0 radical (unpaired) electrons. The molecule has 0 aliphatic heterocycles. The Bertz CT molecular complexity index is 1530. The van der Waals surface area contributed by atoms with Gasteiger partial charge in [0.15, 0.2) is 11.6 Å². The maximum atomic E-state index is 14.7. The number of halogens is 3. The van der Waals surface area contributed by atoms with Crippen molar-refractivity contribution in [2.24, 2.45) is 0 Å². The highest BCUT2D eigenvalue weighted by atomic mass is 19.1. The first-order chi connectivity index (χ1) is 16.5. The summed E-state index contributed by atoms with van der Waals surface area (Å²) in [6.45, 7) is 0. The fourth-order valence-electron chi connectivity index (χ4n) is 3.45. The van der Waals surface area contributed by atoms with Crippen LogP contribution in [0.2, 0.25) is 0 Å². The van der Waals surface area contributed by atoms with Crippen LogP contribution >= 0.6 is 0 Å². The number of benzene rings is 2. The van der Waals surface area contributed by atoms with Gasteiger partial charge in [-0.3, -0.25) is 9.78 Å². The van der Waals surface area contributed by atoms with Gasteiger partial charge in [-0.2, -0.15) is 0 Å². The van der Waals surface area contributed by atoms with Gasteiger partial charge in [-0.1, -0.05) is 0 Å². The van der Waals surface area contributed by atoms with E-state index in [0.29, 0.717) is 22.3 Å². The van der Waals surface area contributed by atoms with E-state index in [1.165, 1.54) is 36.5 Å². The third-order valence-corrected chi connectivity index (χ3v) is 5.06. The molecule has 3 aromatic heterocycles. The summed E-state index contributed by atoms with van der Waals surface area (Å²) in [4.78, 5) is 23.7. The summed E-state index contributed by atoms with van der Waals surface area (Å²) < 4.78 is 47.7. The zero-order valence-corrected chi connectivity index (χ0v) is 17.4. The van der Waals surface area contributed by atoms with Gasteiger partial charge in [0.2, 0.25) is 0 Å². The number of carbonyl (C=O) groups excluding carboxylic acids is 1. The first-order valence-corrected chi connectivity index (χ1v) is 10.1. The van der Waals surface area contributed by atoms with Gasteiger partial charge < -0.3 is 15.0 Å². The fraction of sp³-hybridized carbons (Fsp3) is 0. The van der Waals surface area contributed by atoms with Crippen LogP contribution in [0, 0.1) is 17.5 Å². The summed E-state index contributed by atoms with van der Waals surface area (Å²) >= 11 is 0. The Morgan fingerprint density at radius 1 is 0.853 bits per heavy atom. The Hall–Kier alpha value is -4.66. The molecule has 0 aliphatic carbocycles. The van der Waals surface area contributed by atoms with E-state index < -0.39 is 23.4 Å². The van der Waals surface area contributed by atoms with Gasteiger partial charge >= 0.3 is 0 Å². The molecular formula is C25H15F3N4O2. The molecule has 2 N–H and O–H groups in total. The molecule has 9 heteroatoms. The van der Waals surface area contributed by atoms with Crippen LogP contribution in [0.25, 0.3) is 22.2 Å². The molecule has 3 heterocycles. The van der Waals surface area contributed by atoms with E-state index in [0.717, 1.165) is 18.2 Å². The third-order valence-electron chi connectivity index (χ3n) is 5.06. The number of H-pyrrole nitrogens is 1. The quantitative estimate of drug-likeness (QED) is 0.333. The smallest absolute Gasteiger partial charge is 0.274 e. The molecular weight excluding hydrogens is 445 g/mol. The molecule has 0 bridgehead atoms. The van der Waals surface area contributed by atoms with Crippen molar-refractivity contribution in [3.05, 3.63) is 102 Å². The highest BCUT2D eigenvalue weighted by molar-refractivity contribution is 6.03. The SMILES string of the molecule is O=C(Nc1ccc(Oc2ccnc3[nH]ccc23)c(F)c1)c1cc(-c2ccc(F)cc2F)ccn1. The predicted molar refractivity (Wildman–Crippen MR) is 120 cm³/mol. The molecule has 6 nitrogen and oxygen atoms in total. The number of rotatable bonds is 5. The van der Waals surface area contributed by atoms with Gasteiger partial charge in [-0.25, -0.2) is 18.2 Å². The lowest BCUT2D eigenvalue weighted by molar-refractivity contribution is 0.102. The van der Waals surface area contributed by atoms with Crippen LogP contribution in [0.4, 0.5) is 18.9 Å². The monoisotopic (exact) mass is 460 g/mol. The molecule has 0 unspecified atom stereocenters. The summed E-state index contributed by atoms with van der Waals surface area (Å²) in [7, 11) is 0. The Labute approximate surface area is 191 Å². The average molecular weight is 460 g/mol. The number of amides is 1. The Balaban J connectivity index is 1.34. The van der Waals surface area contributed by atoms with Crippen LogP contribution in [0.15, 0.2) is 79.3 Å². The average Bonchev–Trinajstić information content (AvgIpc) is 3.31. The molecule has 168 valence electrons. The van der Waals surface area contributed by atoms with Crippen molar-refractivity contribution in [3.8, 4) is 22.6 Å². The van der Waals surface area contributed by atoms with Gasteiger partial charge in [0.25, 0.3) is 5.91 Å². The van der Waals surface area contributed by atoms with Gasteiger partial charge in [0.05, 0.1) is 5.39 Å². The summed E-state index contributed by atoms with van der Waals surface area (Å²) in [5, 5.41) is 3.25. The van der Waals surface area contributed by atoms with E-state index in [-0.39, 0.29) is 22.7 Å². The van der Waals surface area contributed by atoms with Crippen molar-refractivity contribution < 1.29 is 22.7 Å². The largest absolute Gasteiger partial charge is 0.453 e. The van der Waals surface area contributed by atoms with Gasteiger partial charge in [0.1, 0.15) is 28.7 Å². The first kappa shape index (κ1) is 21.2. The highest BCUT2D eigenvalue weighted by Crippen LogP contribution is 2.31. The molecule has 0 fully saturated rings. The second-order valence-corrected chi connectivity index (χ2v) is 7.30. The summed E-state index contributed by atoms with van der Waals surface area (Å²) in [5.41, 5.74) is 1.24. The standard InChI is InChI=1S/C25H15F3N4O2/c26-15-1-3-17(19(27)12-15)14-5-8-29-21(11-14)25(33)32-16-2-4-23(20(28)13-16)34-22-7-10-31-24-18(22)6-9-30-24/h1-13H,(H,30,31)(H,32,33). The van der Waals surface area contributed by atoms with Crippen LogP contribution < -0.4 is 10.1 Å². The zero-order valence-electron chi connectivity index (χ0n) is 17.4. The number of anilines is 1. The molecule has 0 spiro atoms. The van der Waals surface area contributed by atoms with Crippen molar-refractivity contribution in [2.75, 3.05) is 5.32 Å². The lowest BCUT2D eigenvalue weighted by atomic mass is 10.1. The van der Waals surface area contributed by atoms with Gasteiger partial charge in [-0.05, 0) is 54.1 Å². The van der Waals surface area contributed by atoms with E-state index in [1.807, 2.05) is 0 Å². The van der Waals surface area contributed by atoms with Crippen LogP contribution in [0.5, 0.6) is 11.5 Å². The predicted octanol–water partition coefficient (Wildman–Crippen LogP) is 6.09. The van der Waals surface area contributed by atoms with E-state index in [4.69, 9.17) is 4.74 Å². The Morgan fingerprint density at radius 3 is 2.53 bits per heavy atom. The number of ether oxygens (including phenoxy) is 1. The second kappa shape index (κ2) is 8.70. The second-order valence-electron chi connectivity index (χ2n) is 7.30. The van der Waals surface area contributed by atoms with Crippen LogP contribution in [-0.4, -0.2) is 20.9 Å². The maximum absolute atomic E-state index is 14.7. The Kier molecular flexibility index (Phi) is 5.43. The number of hydrogen-bond donors (Lipinski definition) is 2. The number of hydrogen-bond acceptors (Lipinski definition) is 4.